The predicted octanol–water partition coefficient (Wildman–Crippen LogP) is 4.52. The van der Waals surface area contributed by atoms with Crippen LogP contribution in [0.1, 0.15) is 21.8 Å². The van der Waals surface area contributed by atoms with E-state index in [9.17, 15) is 4.79 Å². The number of halogens is 1. The van der Waals surface area contributed by atoms with Gasteiger partial charge in [-0.15, -0.1) is 0 Å². The van der Waals surface area contributed by atoms with Crippen LogP contribution in [0.3, 0.4) is 0 Å². The third-order valence-corrected chi connectivity index (χ3v) is 4.38. The molecule has 1 amide bonds. The molecule has 0 atom stereocenters. The zero-order valence-electron chi connectivity index (χ0n) is 15.3. The summed E-state index contributed by atoms with van der Waals surface area (Å²) >= 11 is 6.10. The van der Waals surface area contributed by atoms with Gasteiger partial charge in [0.25, 0.3) is 5.91 Å². The fraction of sp³-hybridized carbons (Fsp3) is 0.100. The van der Waals surface area contributed by atoms with Gasteiger partial charge in [0.2, 0.25) is 5.95 Å². The lowest BCUT2D eigenvalue weighted by Gasteiger charge is -2.08. The number of carbonyl (C=O) groups is 1. The number of aromatic nitrogens is 3. The lowest BCUT2D eigenvalue weighted by atomic mass is 10.2. The van der Waals surface area contributed by atoms with Crippen LogP contribution < -0.4 is 10.1 Å². The maximum absolute atomic E-state index is 12.7. The minimum atomic E-state index is -0.517. The van der Waals surface area contributed by atoms with Crippen LogP contribution in [0.4, 0.5) is 5.95 Å². The molecule has 0 saturated heterocycles. The Hall–Kier alpha value is -3.65. The van der Waals surface area contributed by atoms with Crippen LogP contribution in [0.2, 0.25) is 5.02 Å². The highest BCUT2D eigenvalue weighted by Gasteiger charge is 2.22. The van der Waals surface area contributed by atoms with Crippen molar-refractivity contribution in [1.82, 2.24) is 15.1 Å². The molecule has 0 bridgehead atoms. The molecule has 0 spiro atoms. The van der Waals surface area contributed by atoms with E-state index >= 15 is 0 Å². The SMILES string of the molecule is Cc1onc(C(=O)Nc2nccc(-c3ccco3)n2)c1COc1ccccc1Cl. The first-order chi connectivity index (χ1) is 14.1. The maximum Gasteiger partial charge on any atom is 0.280 e. The second-order valence-corrected chi connectivity index (χ2v) is 6.39. The van der Waals surface area contributed by atoms with Gasteiger partial charge in [-0.2, -0.15) is 0 Å². The van der Waals surface area contributed by atoms with E-state index in [4.69, 9.17) is 25.3 Å². The van der Waals surface area contributed by atoms with Gasteiger partial charge in [0, 0.05) is 6.20 Å². The van der Waals surface area contributed by atoms with E-state index < -0.39 is 5.91 Å². The molecule has 4 rings (SSSR count). The van der Waals surface area contributed by atoms with E-state index in [-0.39, 0.29) is 18.2 Å². The number of carbonyl (C=O) groups excluding carboxylic acids is 1. The Morgan fingerprint density at radius 2 is 2.07 bits per heavy atom. The number of furan rings is 1. The molecule has 0 aliphatic rings. The first-order valence-electron chi connectivity index (χ1n) is 8.62. The number of nitrogens with one attached hydrogen (secondary N) is 1. The summed E-state index contributed by atoms with van der Waals surface area (Å²) in [6.07, 6.45) is 3.06. The number of anilines is 1. The molecule has 0 fully saturated rings. The van der Waals surface area contributed by atoms with Crippen molar-refractivity contribution in [2.75, 3.05) is 5.32 Å². The van der Waals surface area contributed by atoms with E-state index in [1.54, 1.807) is 55.7 Å². The van der Waals surface area contributed by atoms with E-state index in [2.05, 4.69) is 20.4 Å². The van der Waals surface area contributed by atoms with Crippen molar-refractivity contribution in [2.45, 2.75) is 13.5 Å². The predicted molar refractivity (Wildman–Crippen MR) is 105 cm³/mol. The number of hydrogen-bond donors (Lipinski definition) is 1. The van der Waals surface area contributed by atoms with Gasteiger partial charge in [-0.1, -0.05) is 28.9 Å². The molecule has 4 aromatic rings. The summed E-state index contributed by atoms with van der Waals surface area (Å²) in [5.41, 5.74) is 1.13. The Kier molecular flexibility index (Phi) is 5.26. The van der Waals surface area contributed by atoms with Gasteiger partial charge in [-0.25, -0.2) is 9.97 Å². The molecular weight excluding hydrogens is 396 g/mol. The molecule has 0 saturated carbocycles. The van der Waals surface area contributed by atoms with Crippen molar-refractivity contribution in [1.29, 1.82) is 0 Å². The van der Waals surface area contributed by atoms with Gasteiger partial charge in [0.15, 0.2) is 11.5 Å². The Balaban J connectivity index is 1.51. The van der Waals surface area contributed by atoms with Crippen molar-refractivity contribution in [2.24, 2.45) is 0 Å². The average molecular weight is 411 g/mol. The molecule has 146 valence electrons. The normalized spacial score (nSPS) is 10.7. The molecule has 3 heterocycles. The molecule has 3 aromatic heterocycles. The average Bonchev–Trinajstić information content (AvgIpc) is 3.38. The first-order valence-corrected chi connectivity index (χ1v) is 9.00. The molecule has 1 aromatic carbocycles. The third-order valence-electron chi connectivity index (χ3n) is 4.06. The summed E-state index contributed by atoms with van der Waals surface area (Å²) in [6, 6.07) is 12.2. The third kappa shape index (κ3) is 4.12. The number of hydrogen-bond acceptors (Lipinski definition) is 7. The number of para-hydroxylation sites is 1. The standard InChI is InChI=1S/C20H15ClN4O4/c1-12-13(11-28-16-6-3-2-5-14(16)21)18(25-29-12)19(26)24-20-22-9-8-15(23-20)17-7-4-10-27-17/h2-10H,11H2,1H3,(H,22,23,24,26). The van der Waals surface area contributed by atoms with E-state index in [1.165, 1.54) is 6.20 Å². The molecule has 0 aliphatic heterocycles. The van der Waals surface area contributed by atoms with E-state index in [1.807, 2.05) is 0 Å². The Morgan fingerprint density at radius 3 is 2.86 bits per heavy atom. The molecular formula is C20H15ClN4O4. The fourth-order valence-electron chi connectivity index (χ4n) is 2.59. The van der Waals surface area contributed by atoms with Gasteiger partial charge in [-0.3, -0.25) is 10.1 Å². The highest BCUT2D eigenvalue weighted by molar-refractivity contribution is 6.32. The summed E-state index contributed by atoms with van der Waals surface area (Å²) in [5.74, 6) is 1.12. The van der Waals surface area contributed by atoms with Gasteiger partial charge in [0.05, 0.1) is 16.8 Å². The quantitative estimate of drug-likeness (QED) is 0.498. The second kappa shape index (κ2) is 8.15. The summed E-state index contributed by atoms with van der Waals surface area (Å²) in [5, 5.41) is 6.93. The topological polar surface area (TPSA) is 103 Å². The van der Waals surface area contributed by atoms with Gasteiger partial charge in [-0.05, 0) is 37.3 Å². The molecule has 0 radical (unpaired) electrons. The molecule has 1 N–H and O–H groups in total. The van der Waals surface area contributed by atoms with Crippen LogP contribution in [0, 0.1) is 6.92 Å². The van der Waals surface area contributed by atoms with Gasteiger partial charge in [0.1, 0.15) is 23.8 Å². The Labute approximate surface area is 170 Å². The zero-order valence-corrected chi connectivity index (χ0v) is 16.0. The van der Waals surface area contributed by atoms with Crippen LogP contribution in [0.15, 0.2) is 63.9 Å². The smallest absolute Gasteiger partial charge is 0.280 e. The fourth-order valence-corrected chi connectivity index (χ4v) is 2.78. The minimum Gasteiger partial charge on any atom is -0.487 e. The number of rotatable bonds is 6. The number of ether oxygens (including phenoxy) is 1. The van der Waals surface area contributed by atoms with Gasteiger partial charge < -0.3 is 13.7 Å². The largest absolute Gasteiger partial charge is 0.487 e. The molecule has 0 aliphatic carbocycles. The lowest BCUT2D eigenvalue weighted by Crippen LogP contribution is -2.17. The van der Waals surface area contributed by atoms with E-state index in [0.717, 1.165) is 0 Å². The van der Waals surface area contributed by atoms with Crippen LogP contribution in [-0.4, -0.2) is 21.0 Å². The van der Waals surface area contributed by atoms with Crippen molar-refractivity contribution in [3.63, 3.8) is 0 Å². The van der Waals surface area contributed by atoms with Gasteiger partial charge >= 0.3 is 0 Å². The van der Waals surface area contributed by atoms with Crippen molar-refractivity contribution in [3.05, 3.63) is 77.0 Å². The van der Waals surface area contributed by atoms with Crippen LogP contribution in [0.25, 0.3) is 11.5 Å². The zero-order chi connectivity index (χ0) is 20.2. The Bertz CT molecular complexity index is 1140. The highest BCUT2D eigenvalue weighted by Crippen LogP contribution is 2.25. The monoisotopic (exact) mass is 410 g/mol. The molecule has 0 unspecified atom stereocenters. The second-order valence-electron chi connectivity index (χ2n) is 5.98. The molecule has 9 heteroatoms. The van der Waals surface area contributed by atoms with E-state index in [0.29, 0.717) is 33.6 Å². The minimum absolute atomic E-state index is 0.0646. The van der Waals surface area contributed by atoms with Crippen molar-refractivity contribution in [3.8, 4) is 17.2 Å². The Morgan fingerprint density at radius 1 is 1.21 bits per heavy atom. The highest BCUT2D eigenvalue weighted by atomic mass is 35.5. The number of aryl methyl sites for hydroxylation is 1. The number of benzene rings is 1. The summed E-state index contributed by atoms with van der Waals surface area (Å²) in [4.78, 5) is 21.0. The summed E-state index contributed by atoms with van der Waals surface area (Å²) in [6.45, 7) is 1.76. The summed E-state index contributed by atoms with van der Waals surface area (Å²) < 4.78 is 16.2. The summed E-state index contributed by atoms with van der Waals surface area (Å²) in [7, 11) is 0. The van der Waals surface area contributed by atoms with Crippen molar-refractivity contribution >= 4 is 23.5 Å². The van der Waals surface area contributed by atoms with Crippen LogP contribution in [-0.2, 0) is 6.61 Å². The lowest BCUT2D eigenvalue weighted by molar-refractivity contribution is 0.101. The van der Waals surface area contributed by atoms with Crippen molar-refractivity contribution < 1.29 is 18.5 Å². The van der Waals surface area contributed by atoms with Crippen LogP contribution in [0.5, 0.6) is 5.75 Å². The first kappa shape index (κ1) is 18.7. The number of amides is 1. The molecule has 29 heavy (non-hydrogen) atoms. The molecule has 8 nitrogen and oxygen atoms in total. The van der Waals surface area contributed by atoms with Crippen LogP contribution >= 0.6 is 11.6 Å². The number of nitrogens with zero attached hydrogens (tertiary/aromatic N) is 3. The maximum atomic E-state index is 12.7.